The number of hydrogen-bond acceptors (Lipinski definition) is 4. The van der Waals surface area contributed by atoms with Gasteiger partial charge in [0.15, 0.2) is 0 Å². The summed E-state index contributed by atoms with van der Waals surface area (Å²) in [5, 5.41) is 0.474. The summed E-state index contributed by atoms with van der Waals surface area (Å²) in [6.07, 6.45) is 0. The summed E-state index contributed by atoms with van der Waals surface area (Å²) in [6, 6.07) is 5.98. The zero-order chi connectivity index (χ0) is 16.0. The number of nitrogens with zero attached hydrogens (tertiary/aromatic N) is 2. The van der Waals surface area contributed by atoms with Crippen LogP contribution in [0.25, 0.3) is 10.9 Å². The Labute approximate surface area is 139 Å². The van der Waals surface area contributed by atoms with E-state index in [-0.39, 0.29) is 6.04 Å². The van der Waals surface area contributed by atoms with Crippen molar-refractivity contribution in [2.45, 2.75) is 13.0 Å². The van der Waals surface area contributed by atoms with Gasteiger partial charge in [0.2, 0.25) is 0 Å². The van der Waals surface area contributed by atoms with Crippen molar-refractivity contribution in [2.75, 3.05) is 39.5 Å². The molecule has 23 heavy (non-hydrogen) atoms. The number of benzene rings is 1. The van der Waals surface area contributed by atoms with E-state index in [1.54, 1.807) is 0 Å². The highest BCUT2D eigenvalue weighted by atomic mass is 35.5. The van der Waals surface area contributed by atoms with Gasteiger partial charge in [-0.15, -0.1) is 0 Å². The van der Waals surface area contributed by atoms with E-state index in [0.29, 0.717) is 12.2 Å². The van der Waals surface area contributed by atoms with Crippen LogP contribution in [-0.2, 0) is 4.74 Å². The first kappa shape index (κ1) is 15.0. The zero-order valence-electron chi connectivity index (χ0n) is 13.0. The largest absolute Gasteiger partial charge is 0.489 e. The summed E-state index contributed by atoms with van der Waals surface area (Å²) < 4.78 is 13.6. The maximum Gasteiger partial charge on any atom is 0.254 e. The second-order valence-corrected chi connectivity index (χ2v) is 6.48. The lowest BCUT2D eigenvalue weighted by Gasteiger charge is -2.34. The molecule has 0 N–H and O–H groups in total. The van der Waals surface area contributed by atoms with E-state index in [4.69, 9.17) is 21.1 Å². The fourth-order valence-electron chi connectivity index (χ4n) is 3.75. The summed E-state index contributed by atoms with van der Waals surface area (Å²) in [5.74, 6) is 0.827. The van der Waals surface area contributed by atoms with Crippen LogP contribution in [0.2, 0.25) is 0 Å². The van der Waals surface area contributed by atoms with E-state index >= 15 is 0 Å². The lowest BCUT2D eigenvalue weighted by atomic mass is 10.1. The summed E-state index contributed by atoms with van der Waals surface area (Å²) in [4.78, 5) is 14.3. The fourth-order valence-corrected chi connectivity index (χ4v) is 3.99. The third-order valence-electron chi connectivity index (χ3n) is 4.80. The fraction of sp³-hybridized carbons (Fsp3) is 0.471. The number of hydrogen-bond donors (Lipinski definition) is 0. The lowest BCUT2D eigenvalue weighted by Crippen LogP contribution is -2.42. The minimum absolute atomic E-state index is 0.176. The van der Waals surface area contributed by atoms with Crippen molar-refractivity contribution in [3.63, 3.8) is 0 Å². The SMILES string of the molecule is Cc1c(C(=O)Cl)c2cccc3c2n1[C@H](CN1CCOCC1)CO3. The van der Waals surface area contributed by atoms with Gasteiger partial charge >= 0.3 is 0 Å². The highest BCUT2D eigenvalue weighted by Gasteiger charge is 2.30. The molecule has 2 aliphatic heterocycles. The van der Waals surface area contributed by atoms with Gasteiger partial charge in [-0.1, -0.05) is 12.1 Å². The molecule has 0 aliphatic carbocycles. The van der Waals surface area contributed by atoms with E-state index in [0.717, 1.165) is 55.2 Å². The minimum atomic E-state index is -0.407. The van der Waals surface area contributed by atoms with Crippen molar-refractivity contribution in [2.24, 2.45) is 0 Å². The predicted molar refractivity (Wildman–Crippen MR) is 88.6 cm³/mol. The predicted octanol–water partition coefficient (Wildman–Crippen LogP) is 2.59. The van der Waals surface area contributed by atoms with Gasteiger partial charge in [0.25, 0.3) is 5.24 Å². The van der Waals surface area contributed by atoms with E-state index in [2.05, 4.69) is 9.47 Å². The Hall–Kier alpha value is -1.56. The Bertz CT molecular complexity index is 765. The van der Waals surface area contributed by atoms with Crippen molar-refractivity contribution in [3.05, 3.63) is 29.5 Å². The molecule has 0 radical (unpaired) electrons. The van der Waals surface area contributed by atoms with Crippen molar-refractivity contribution in [1.82, 2.24) is 9.47 Å². The Morgan fingerprint density at radius 2 is 2.13 bits per heavy atom. The minimum Gasteiger partial charge on any atom is -0.489 e. The van der Waals surface area contributed by atoms with Crippen LogP contribution >= 0.6 is 11.6 Å². The average molecular weight is 335 g/mol. The molecule has 6 heteroatoms. The molecule has 3 heterocycles. The molecule has 0 unspecified atom stereocenters. The first-order chi connectivity index (χ1) is 11.2. The van der Waals surface area contributed by atoms with E-state index in [1.165, 1.54) is 0 Å². The summed E-state index contributed by atoms with van der Waals surface area (Å²) in [6.45, 7) is 6.88. The molecule has 2 aliphatic rings. The van der Waals surface area contributed by atoms with Gasteiger partial charge in [-0.25, -0.2) is 0 Å². The van der Waals surface area contributed by atoms with Crippen LogP contribution in [0.5, 0.6) is 5.75 Å². The van der Waals surface area contributed by atoms with Gasteiger partial charge in [0, 0.05) is 30.7 Å². The van der Waals surface area contributed by atoms with Crippen LogP contribution in [0.4, 0.5) is 0 Å². The van der Waals surface area contributed by atoms with Crippen LogP contribution in [0.3, 0.4) is 0 Å². The molecule has 1 fully saturated rings. The first-order valence-electron chi connectivity index (χ1n) is 7.93. The molecular formula is C17H19ClN2O3. The highest BCUT2D eigenvalue weighted by molar-refractivity contribution is 6.68. The molecule has 1 aromatic heterocycles. The number of para-hydroxylation sites is 1. The molecule has 1 aromatic carbocycles. The summed E-state index contributed by atoms with van der Waals surface area (Å²) in [7, 11) is 0. The Kier molecular flexibility index (Phi) is 3.79. The van der Waals surface area contributed by atoms with E-state index in [1.807, 2.05) is 25.1 Å². The maximum atomic E-state index is 11.9. The Morgan fingerprint density at radius 1 is 1.35 bits per heavy atom. The van der Waals surface area contributed by atoms with Crippen LogP contribution in [0, 0.1) is 6.92 Å². The molecule has 1 saturated heterocycles. The summed E-state index contributed by atoms with van der Waals surface area (Å²) in [5.41, 5.74) is 2.51. The molecule has 0 amide bonds. The van der Waals surface area contributed by atoms with Crippen molar-refractivity contribution in [1.29, 1.82) is 0 Å². The molecule has 2 aromatic rings. The summed E-state index contributed by atoms with van der Waals surface area (Å²) >= 11 is 5.85. The van der Waals surface area contributed by atoms with Crippen molar-refractivity contribution < 1.29 is 14.3 Å². The maximum absolute atomic E-state index is 11.9. The van der Waals surface area contributed by atoms with Crippen molar-refractivity contribution in [3.8, 4) is 5.75 Å². The zero-order valence-corrected chi connectivity index (χ0v) is 13.8. The number of halogens is 1. The normalized spacial score (nSPS) is 21.4. The van der Waals surface area contributed by atoms with Crippen LogP contribution in [0.15, 0.2) is 18.2 Å². The van der Waals surface area contributed by atoms with E-state index in [9.17, 15) is 4.79 Å². The van der Waals surface area contributed by atoms with Crippen LogP contribution in [0.1, 0.15) is 22.1 Å². The Morgan fingerprint density at radius 3 is 2.87 bits per heavy atom. The number of ether oxygens (including phenoxy) is 2. The smallest absolute Gasteiger partial charge is 0.254 e. The number of morpholine rings is 1. The molecule has 0 saturated carbocycles. The van der Waals surface area contributed by atoms with E-state index < -0.39 is 5.24 Å². The second kappa shape index (κ2) is 5.82. The van der Waals surface area contributed by atoms with Crippen molar-refractivity contribution >= 4 is 27.7 Å². The molecule has 0 bridgehead atoms. The molecule has 122 valence electrons. The number of carbonyl (C=O) groups excluding carboxylic acids is 1. The third-order valence-corrected chi connectivity index (χ3v) is 4.99. The number of aromatic nitrogens is 1. The molecule has 5 nitrogen and oxygen atoms in total. The molecular weight excluding hydrogens is 316 g/mol. The third kappa shape index (κ3) is 2.43. The van der Waals surface area contributed by atoms with Gasteiger partial charge < -0.3 is 14.0 Å². The first-order valence-corrected chi connectivity index (χ1v) is 8.31. The van der Waals surface area contributed by atoms with Gasteiger partial charge in [0.1, 0.15) is 12.4 Å². The van der Waals surface area contributed by atoms with Crippen LogP contribution in [-0.4, -0.2) is 54.2 Å². The second-order valence-electron chi connectivity index (χ2n) is 6.13. The lowest BCUT2D eigenvalue weighted by molar-refractivity contribution is 0.0272. The molecule has 1 atom stereocenters. The topological polar surface area (TPSA) is 43.7 Å². The van der Waals surface area contributed by atoms with Gasteiger partial charge in [0.05, 0.1) is 30.3 Å². The van der Waals surface area contributed by atoms with Gasteiger partial charge in [-0.05, 0) is 24.6 Å². The highest BCUT2D eigenvalue weighted by Crippen LogP contribution is 2.39. The number of carbonyl (C=O) groups is 1. The van der Waals surface area contributed by atoms with Crippen LogP contribution < -0.4 is 4.74 Å². The average Bonchev–Trinajstić information content (AvgIpc) is 2.86. The quantitative estimate of drug-likeness (QED) is 0.809. The standard InChI is InChI=1S/C17H19ClN2O3/c1-11-15(17(18)21)13-3-2-4-14-16(13)20(11)12(10-23-14)9-19-5-7-22-8-6-19/h2-4,12H,5-10H2,1H3/t12-/m1/s1. The number of rotatable bonds is 3. The molecule has 0 spiro atoms. The molecule has 4 rings (SSSR count). The Balaban J connectivity index is 1.80. The van der Waals surface area contributed by atoms with Gasteiger partial charge in [-0.3, -0.25) is 9.69 Å². The monoisotopic (exact) mass is 334 g/mol. The van der Waals surface area contributed by atoms with Gasteiger partial charge in [-0.2, -0.15) is 0 Å².